The summed E-state index contributed by atoms with van der Waals surface area (Å²) in [5, 5.41) is 1.71. The fourth-order valence-electron chi connectivity index (χ4n) is 2.38. The number of sulfone groups is 1. The highest BCUT2D eigenvalue weighted by Gasteiger charge is 2.33. The number of quaternary nitrogens is 1. The third-order valence-corrected chi connectivity index (χ3v) is 5.74. The lowest BCUT2D eigenvalue weighted by Gasteiger charge is -2.21. The smallest absolute Gasteiger partial charge is 0.339 e. The molecule has 0 spiro atoms. The number of hydrogen-bond acceptors (Lipinski definition) is 4. The molecule has 19 heavy (non-hydrogen) atoms. The van der Waals surface area contributed by atoms with E-state index in [1.54, 1.807) is 12.1 Å². The van der Waals surface area contributed by atoms with Gasteiger partial charge in [0.25, 0.3) is 0 Å². The van der Waals surface area contributed by atoms with Crippen LogP contribution >= 0.6 is 0 Å². The highest BCUT2D eigenvalue weighted by molar-refractivity contribution is 7.92. The van der Waals surface area contributed by atoms with Crippen LogP contribution in [0.1, 0.15) is 23.2 Å². The van der Waals surface area contributed by atoms with E-state index in [0.717, 1.165) is 13.1 Å². The summed E-state index contributed by atoms with van der Waals surface area (Å²) in [7, 11) is -2.22. The summed E-state index contributed by atoms with van der Waals surface area (Å²) >= 11 is 0. The van der Waals surface area contributed by atoms with Crippen LogP contribution < -0.4 is 5.32 Å². The number of esters is 1. The first-order valence-corrected chi connectivity index (χ1v) is 7.85. The van der Waals surface area contributed by atoms with Gasteiger partial charge in [0, 0.05) is 12.8 Å². The van der Waals surface area contributed by atoms with E-state index >= 15 is 0 Å². The van der Waals surface area contributed by atoms with E-state index in [1.807, 2.05) is 0 Å². The van der Waals surface area contributed by atoms with Crippen LogP contribution in [0.4, 0.5) is 0 Å². The van der Waals surface area contributed by atoms with Crippen molar-refractivity contribution in [3.63, 3.8) is 0 Å². The summed E-state index contributed by atoms with van der Waals surface area (Å²) in [6.07, 6.45) is 1.25. The van der Waals surface area contributed by atoms with Crippen LogP contribution in [0.5, 0.6) is 0 Å². The predicted octanol–water partition coefficient (Wildman–Crippen LogP) is -0.0273. The van der Waals surface area contributed by atoms with Crippen LogP contribution in [0.15, 0.2) is 29.2 Å². The van der Waals surface area contributed by atoms with Gasteiger partial charge in [0.2, 0.25) is 0 Å². The average molecular weight is 284 g/mol. The minimum absolute atomic E-state index is 0.0914. The zero-order valence-electron chi connectivity index (χ0n) is 10.8. The Bertz CT molecular complexity index is 562. The molecule has 0 aliphatic carbocycles. The Labute approximate surface area is 112 Å². The number of rotatable bonds is 3. The van der Waals surface area contributed by atoms with Crippen molar-refractivity contribution in [1.29, 1.82) is 0 Å². The van der Waals surface area contributed by atoms with Gasteiger partial charge >= 0.3 is 5.97 Å². The number of nitrogens with two attached hydrogens (primary N) is 1. The van der Waals surface area contributed by atoms with Crippen molar-refractivity contribution in [2.45, 2.75) is 23.0 Å². The lowest BCUT2D eigenvalue weighted by atomic mass is 10.2. The molecule has 0 aromatic heterocycles. The topological polar surface area (TPSA) is 77.1 Å². The molecule has 1 aromatic rings. The van der Waals surface area contributed by atoms with Crippen LogP contribution in [0.25, 0.3) is 0 Å². The molecular weight excluding hydrogens is 266 g/mol. The summed E-state index contributed by atoms with van der Waals surface area (Å²) < 4.78 is 29.9. The molecule has 1 aliphatic rings. The molecule has 1 aliphatic heterocycles. The van der Waals surface area contributed by atoms with E-state index in [9.17, 15) is 13.2 Å². The van der Waals surface area contributed by atoms with Gasteiger partial charge in [-0.25, -0.2) is 13.2 Å². The summed E-state index contributed by atoms with van der Waals surface area (Å²) in [6, 6.07) is 6.25. The molecule has 2 rings (SSSR count). The molecule has 1 heterocycles. The van der Waals surface area contributed by atoms with Gasteiger partial charge in [0.15, 0.2) is 9.84 Å². The minimum atomic E-state index is -3.47. The number of methoxy groups -OCH3 is 1. The van der Waals surface area contributed by atoms with Crippen molar-refractivity contribution in [2.75, 3.05) is 20.2 Å². The van der Waals surface area contributed by atoms with E-state index in [2.05, 4.69) is 10.1 Å². The van der Waals surface area contributed by atoms with Crippen LogP contribution in [0, 0.1) is 0 Å². The van der Waals surface area contributed by atoms with Gasteiger partial charge in [-0.3, -0.25) is 0 Å². The van der Waals surface area contributed by atoms with E-state index in [-0.39, 0.29) is 10.5 Å². The van der Waals surface area contributed by atoms with E-state index < -0.39 is 21.1 Å². The van der Waals surface area contributed by atoms with Crippen LogP contribution in [-0.2, 0) is 14.6 Å². The molecule has 0 bridgehead atoms. The van der Waals surface area contributed by atoms with Gasteiger partial charge in [0.1, 0.15) is 0 Å². The molecule has 1 saturated heterocycles. The standard InChI is InChI=1S/C13H17NO4S/c1-18-13(15)11-4-2-3-5-12(11)19(16,17)10-6-8-14-9-7-10/h2-5,10,14H,6-9H2,1H3/p+1. The Morgan fingerprint density at radius 1 is 1.26 bits per heavy atom. The quantitative estimate of drug-likeness (QED) is 0.791. The first-order chi connectivity index (χ1) is 9.07. The maximum atomic E-state index is 12.6. The molecule has 0 atom stereocenters. The number of piperidine rings is 1. The highest BCUT2D eigenvalue weighted by Crippen LogP contribution is 2.24. The molecule has 5 nitrogen and oxygen atoms in total. The fourth-order valence-corrected chi connectivity index (χ4v) is 4.36. The maximum Gasteiger partial charge on any atom is 0.339 e. The Morgan fingerprint density at radius 3 is 2.53 bits per heavy atom. The molecule has 1 fully saturated rings. The molecular formula is C13H18NO4S+. The number of benzene rings is 1. The molecule has 6 heteroatoms. The zero-order chi connectivity index (χ0) is 13.9. The SMILES string of the molecule is COC(=O)c1ccccc1S(=O)(=O)C1CC[NH2+]CC1. The highest BCUT2D eigenvalue weighted by atomic mass is 32.2. The normalized spacial score (nSPS) is 17.1. The van der Waals surface area contributed by atoms with Crippen molar-refractivity contribution in [2.24, 2.45) is 0 Å². The Balaban J connectivity index is 2.42. The number of ether oxygens (including phenoxy) is 1. The molecule has 104 valence electrons. The fraction of sp³-hybridized carbons (Fsp3) is 0.462. The molecule has 1 aromatic carbocycles. The second-order valence-electron chi connectivity index (χ2n) is 4.60. The monoisotopic (exact) mass is 284 g/mol. The van der Waals surface area contributed by atoms with Crippen molar-refractivity contribution >= 4 is 15.8 Å². The predicted molar refractivity (Wildman–Crippen MR) is 69.6 cm³/mol. The van der Waals surface area contributed by atoms with Gasteiger partial charge in [-0.05, 0) is 12.1 Å². The lowest BCUT2D eigenvalue weighted by molar-refractivity contribution is -0.661. The van der Waals surface area contributed by atoms with Crippen molar-refractivity contribution < 1.29 is 23.3 Å². The number of carbonyl (C=O) groups is 1. The Kier molecular flexibility index (Phi) is 4.21. The van der Waals surface area contributed by atoms with Crippen molar-refractivity contribution in [3.8, 4) is 0 Å². The zero-order valence-corrected chi connectivity index (χ0v) is 11.7. The summed E-state index contributed by atoms with van der Waals surface area (Å²) in [6.45, 7) is 1.62. The van der Waals surface area contributed by atoms with Gasteiger partial charge in [-0.15, -0.1) is 0 Å². The summed E-state index contributed by atoms with van der Waals surface area (Å²) in [5.41, 5.74) is 0.125. The summed E-state index contributed by atoms with van der Waals surface area (Å²) in [4.78, 5) is 11.8. The second-order valence-corrected chi connectivity index (χ2v) is 6.79. The van der Waals surface area contributed by atoms with Crippen molar-refractivity contribution in [1.82, 2.24) is 0 Å². The Hall–Kier alpha value is -1.40. The van der Waals surface area contributed by atoms with E-state index in [4.69, 9.17) is 0 Å². The second kappa shape index (κ2) is 5.71. The number of hydrogen-bond donors (Lipinski definition) is 1. The van der Waals surface area contributed by atoms with Gasteiger partial charge in [-0.1, -0.05) is 12.1 Å². The molecule has 0 saturated carbocycles. The maximum absolute atomic E-state index is 12.6. The van der Waals surface area contributed by atoms with E-state index in [1.165, 1.54) is 19.2 Å². The van der Waals surface area contributed by atoms with Crippen LogP contribution in [0.2, 0.25) is 0 Å². The third kappa shape index (κ3) is 2.79. The van der Waals surface area contributed by atoms with Gasteiger partial charge in [0.05, 0.1) is 35.9 Å². The van der Waals surface area contributed by atoms with Gasteiger partial charge in [-0.2, -0.15) is 0 Å². The Morgan fingerprint density at radius 2 is 1.89 bits per heavy atom. The minimum Gasteiger partial charge on any atom is -0.465 e. The first kappa shape index (κ1) is 14.0. The molecule has 2 N–H and O–H groups in total. The number of carbonyl (C=O) groups excluding carboxylic acids is 1. The lowest BCUT2D eigenvalue weighted by Crippen LogP contribution is -2.87. The van der Waals surface area contributed by atoms with E-state index in [0.29, 0.717) is 12.8 Å². The summed E-state index contributed by atoms with van der Waals surface area (Å²) in [5.74, 6) is -0.610. The molecule has 0 unspecified atom stereocenters. The van der Waals surface area contributed by atoms with Crippen LogP contribution in [0.3, 0.4) is 0 Å². The largest absolute Gasteiger partial charge is 0.465 e. The third-order valence-electron chi connectivity index (χ3n) is 3.42. The molecule has 0 radical (unpaired) electrons. The molecule has 0 amide bonds. The van der Waals surface area contributed by atoms with Crippen LogP contribution in [-0.4, -0.2) is 39.8 Å². The van der Waals surface area contributed by atoms with Crippen molar-refractivity contribution in [3.05, 3.63) is 29.8 Å². The first-order valence-electron chi connectivity index (χ1n) is 6.30. The average Bonchev–Trinajstić information content (AvgIpc) is 2.47. The van der Waals surface area contributed by atoms with Gasteiger partial charge < -0.3 is 10.1 Å².